The van der Waals surface area contributed by atoms with E-state index in [4.69, 9.17) is 4.74 Å². The maximum atomic E-state index is 9.65. The summed E-state index contributed by atoms with van der Waals surface area (Å²) < 4.78 is 7.64. The highest BCUT2D eigenvalue weighted by Crippen LogP contribution is 2.34. The number of fused-ring (bicyclic) bond motifs is 1. The molecular weight excluding hydrogens is 274 g/mol. The molecule has 1 aliphatic rings. The minimum atomic E-state index is -0.624. The largest absolute Gasteiger partial charge is 0.368 e. The molecule has 0 radical (unpaired) electrons. The van der Waals surface area contributed by atoms with Crippen molar-refractivity contribution in [2.24, 2.45) is 0 Å². The van der Waals surface area contributed by atoms with Crippen LogP contribution < -0.4 is 0 Å². The van der Waals surface area contributed by atoms with Gasteiger partial charge in [0.25, 0.3) is 0 Å². The maximum absolute atomic E-state index is 9.65. The third kappa shape index (κ3) is 2.43. The second-order valence-electron chi connectivity index (χ2n) is 5.94. The van der Waals surface area contributed by atoms with Gasteiger partial charge in [0.1, 0.15) is 0 Å². The number of para-hydroxylation sites is 1. The van der Waals surface area contributed by atoms with E-state index in [0.717, 1.165) is 6.54 Å². The lowest BCUT2D eigenvalue weighted by Crippen LogP contribution is -2.01. The number of benzene rings is 2. The molecular formula is C19H19NO2. The molecule has 112 valence electrons. The van der Waals surface area contributed by atoms with Crippen LogP contribution in [-0.2, 0) is 11.3 Å². The van der Waals surface area contributed by atoms with Crippen molar-refractivity contribution in [2.45, 2.75) is 25.2 Å². The van der Waals surface area contributed by atoms with Crippen LogP contribution >= 0.6 is 0 Å². The van der Waals surface area contributed by atoms with E-state index in [1.165, 1.54) is 22.0 Å². The molecule has 0 bridgehead atoms. The fourth-order valence-electron chi connectivity index (χ4n) is 3.33. The van der Waals surface area contributed by atoms with Crippen molar-refractivity contribution >= 4 is 10.9 Å². The zero-order valence-electron chi connectivity index (χ0n) is 12.4. The second-order valence-corrected chi connectivity index (χ2v) is 5.94. The van der Waals surface area contributed by atoms with Crippen LogP contribution in [0.15, 0.2) is 60.8 Å². The number of aliphatic hydroxyl groups excluding tert-OH is 1. The van der Waals surface area contributed by atoms with Crippen molar-refractivity contribution < 1.29 is 9.84 Å². The highest BCUT2D eigenvalue weighted by atomic mass is 16.6. The standard InChI is InChI=1S/C19H19NO2/c21-19-10-15(13-22-19)17-12-20(11-14-6-2-1-3-7-14)18-9-5-4-8-16(17)18/h1-9,12,15,19,21H,10-11,13H2. The third-order valence-electron chi connectivity index (χ3n) is 4.43. The van der Waals surface area contributed by atoms with Crippen molar-refractivity contribution in [2.75, 3.05) is 6.61 Å². The topological polar surface area (TPSA) is 34.4 Å². The molecule has 22 heavy (non-hydrogen) atoms. The van der Waals surface area contributed by atoms with E-state index in [2.05, 4.69) is 59.3 Å². The molecule has 4 rings (SSSR count). The molecule has 2 heterocycles. The molecule has 2 unspecified atom stereocenters. The van der Waals surface area contributed by atoms with E-state index in [1.807, 2.05) is 6.07 Å². The molecule has 1 fully saturated rings. The highest BCUT2D eigenvalue weighted by Gasteiger charge is 2.27. The van der Waals surface area contributed by atoms with Crippen LogP contribution in [0.4, 0.5) is 0 Å². The second kappa shape index (κ2) is 5.59. The lowest BCUT2D eigenvalue weighted by molar-refractivity contribution is -0.0589. The van der Waals surface area contributed by atoms with Crippen molar-refractivity contribution in [1.29, 1.82) is 0 Å². The smallest absolute Gasteiger partial charge is 0.155 e. The molecule has 2 aromatic carbocycles. The molecule has 3 aromatic rings. The molecule has 1 N–H and O–H groups in total. The van der Waals surface area contributed by atoms with Gasteiger partial charge in [0.05, 0.1) is 6.61 Å². The number of rotatable bonds is 3. The molecule has 3 nitrogen and oxygen atoms in total. The van der Waals surface area contributed by atoms with E-state index < -0.39 is 6.29 Å². The first-order valence-corrected chi connectivity index (χ1v) is 7.72. The molecule has 0 saturated carbocycles. The molecule has 1 saturated heterocycles. The summed E-state index contributed by atoms with van der Waals surface area (Å²) in [6, 6.07) is 19.0. The van der Waals surface area contributed by atoms with Gasteiger partial charge < -0.3 is 14.4 Å². The first-order chi connectivity index (χ1) is 10.8. The summed E-state index contributed by atoms with van der Waals surface area (Å²) in [5.74, 6) is 0.275. The summed E-state index contributed by atoms with van der Waals surface area (Å²) in [6.07, 6.45) is 2.28. The van der Waals surface area contributed by atoms with Crippen molar-refractivity contribution in [3.63, 3.8) is 0 Å². The number of ether oxygens (including phenoxy) is 1. The van der Waals surface area contributed by atoms with Crippen molar-refractivity contribution in [3.05, 3.63) is 71.9 Å². The van der Waals surface area contributed by atoms with Crippen LogP contribution in [-0.4, -0.2) is 22.6 Å². The van der Waals surface area contributed by atoms with Crippen LogP contribution in [0, 0.1) is 0 Å². The Kier molecular flexibility index (Phi) is 3.45. The van der Waals surface area contributed by atoms with Gasteiger partial charge in [-0.05, 0) is 17.2 Å². The zero-order valence-corrected chi connectivity index (χ0v) is 12.4. The van der Waals surface area contributed by atoms with Gasteiger partial charge in [0.2, 0.25) is 0 Å². The Hall–Kier alpha value is -2.10. The Morgan fingerprint density at radius 2 is 1.82 bits per heavy atom. The van der Waals surface area contributed by atoms with Crippen molar-refractivity contribution in [1.82, 2.24) is 4.57 Å². The minimum absolute atomic E-state index is 0.275. The van der Waals surface area contributed by atoms with E-state index in [0.29, 0.717) is 13.0 Å². The first kappa shape index (κ1) is 13.6. The number of nitrogens with zero attached hydrogens (tertiary/aromatic N) is 1. The molecule has 0 amide bonds. The van der Waals surface area contributed by atoms with E-state index in [1.54, 1.807) is 0 Å². The Labute approximate surface area is 129 Å². The summed E-state index contributed by atoms with van der Waals surface area (Å²) >= 11 is 0. The molecule has 1 aliphatic heterocycles. The van der Waals surface area contributed by atoms with Crippen LogP contribution in [0.5, 0.6) is 0 Å². The molecule has 2 atom stereocenters. The summed E-state index contributed by atoms with van der Waals surface area (Å²) in [6.45, 7) is 1.46. The Bertz CT molecular complexity index is 778. The van der Waals surface area contributed by atoms with Gasteiger partial charge in [-0.15, -0.1) is 0 Å². The molecule has 0 spiro atoms. The van der Waals surface area contributed by atoms with Gasteiger partial charge in [0, 0.05) is 36.0 Å². The third-order valence-corrected chi connectivity index (χ3v) is 4.43. The minimum Gasteiger partial charge on any atom is -0.368 e. The average Bonchev–Trinajstić information content (AvgIpc) is 3.13. The van der Waals surface area contributed by atoms with E-state index in [9.17, 15) is 5.11 Å². The lowest BCUT2D eigenvalue weighted by atomic mass is 9.98. The van der Waals surface area contributed by atoms with Gasteiger partial charge in [-0.3, -0.25) is 0 Å². The quantitative estimate of drug-likeness (QED) is 0.802. The van der Waals surface area contributed by atoms with Gasteiger partial charge >= 0.3 is 0 Å². The lowest BCUT2D eigenvalue weighted by Gasteiger charge is -2.05. The van der Waals surface area contributed by atoms with Gasteiger partial charge in [-0.25, -0.2) is 0 Å². The van der Waals surface area contributed by atoms with Crippen LogP contribution in [0.2, 0.25) is 0 Å². The Morgan fingerprint density at radius 3 is 2.59 bits per heavy atom. The predicted molar refractivity (Wildman–Crippen MR) is 86.8 cm³/mol. The van der Waals surface area contributed by atoms with E-state index >= 15 is 0 Å². The van der Waals surface area contributed by atoms with Crippen molar-refractivity contribution in [3.8, 4) is 0 Å². The maximum Gasteiger partial charge on any atom is 0.155 e. The number of aliphatic hydroxyl groups is 1. The Balaban J connectivity index is 1.76. The van der Waals surface area contributed by atoms with Crippen LogP contribution in [0.1, 0.15) is 23.5 Å². The zero-order chi connectivity index (χ0) is 14.9. The number of hydrogen-bond donors (Lipinski definition) is 1. The monoisotopic (exact) mass is 293 g/mol. The molecule has 3 heteroatoms. The highest BCUT2D eigenvalue weighted by molar-refractivity contribution is 5.84. The average molecular weight is 293 g/mol. The summed E-state index contributed by atoms with van der Waals surface area (Å²) in [4.78, 5) is 0. The Morgan fingerprint density at radius 1 is 1.05 bits per heavy atom. The molecule has 1 aromatic heterocycles. The SMILES string of the molecule is OC1CC(c2cn(Cc3ccccc3)c3ccccc23)CO1. The van der Waals surface area contributed by atoms with Crippen LogP contribution in [0.3, 0.4) is 0 Å². The van der Waals surface area contributed by atoms with E-state index in [-0.39, 0.29) is 5.92 Å². The van der Waals surface area contributed by atoms with Gasteiger partial charge in [0.15, 0.2) is 6.29 Å². The predicted octanol–water partition coefficient (Wildman–Crippen LogP) is 3.51. The number of hydrogen-bond acceptors (Lipinski definition) is 2. The molecule has 0 aliphatic carbocycles. The normalized spacial score (nSPS) is 21.5. The van der Waals surface area contributed by atoms with Gasteiger partial charge in [-0.1, -0.05) is 48.5 Å². The van der Waals surface area contributed by atoms with Crippen LogP contribution in [0.25, 0.3) is 10.9 Å². The summed E-state index contributed by atoms with van der Waals surface area (Å²) in [7, 11) is 0. The summed E-state index contributed by atoms with van der Waals surface area (Å²) in [5.41, 5.74) is 3.81. The fourth-order valence-corrected chi connectivity index (χ4v) is 3.33. The fraction of sp³-hybridized carbons (Fsp3) is 0.263. The number of aromatic nitrogens is 1. The van der Waals surface area contributed by atoms with Gasteiger partial charge in [-0.2, -0.15) is 0 Å². The first-order valence-electron chi connectivity index (χ1n) is 7.72. The summed E-state index contributed by atoms with van der Waals surface area (Å²) in [5, 5.41) is 10.9.